The van der Waals surface area contributed by atoms with Crippen LogP contribution in [-0.2, 0) is 0 Å². The van der Waals surface area contributed by atoms with E-state index in [4.69, 9.17) is 49.9 Å². The van der Waals surface area contributed by atoms with Crippen molar-refractivity contribution in [2.45, 2.75) is 58.2 Å². The summed E-state index contributed by atoms with van der Waals surface area (Å²) in [6.45, 7) is 11.7. The van der Waals surface area contributed by atoms with Crippen LogP contribution < -0.4 is 52.0 Å². The van der Waals surface area contributed by atoms with E-state index in [1.54, 1.807) is 71.5 Å². The number of oxazole rings is 1. The van der Waals surface area contributed by atoms with Crippen molar-refractivity contribution in [2.24, 2.45) is 0 Å². The fourth-order valence-corrected chi connectivity index (χ4v) is 13.9. The van der Waals surface area contributed by atoms with E-state index < -0.39 is 17.7 Å². The SMILES string of the molecule is CC[C@H](Nc1nccc2[nH]cnc12)c1nc(-c2ccc(C(=O)NO)cc2)c2ccccc2n1.CC[C@H](Nc1nccc2[nH]cnc12)c1nc(N2CCN(c3nc(C(=O)NO)co3)CC2)c2ccccc2n1.CC[C@H](Nc1nccc2[nH]cnc12)c1nc(N2CCN(c3nc(C(=O)NO)cs3)CC2)c2ccccc2n1. The second-order valence-corrected chi connectivity index (χ2v) is 26.2. The molecule has 34 nitrogen and oxygen atoms in total. The maximum Gasteiger partial charge on any atom is 0.298 e. The molecule has 2 aliphatic heterocycles. The number of H-pyrrole nitrogens is 3. The Bertz CT molecular complexity index is 5500. The lowest BCUT2D eigenvalue weighted by Gasteiger charge is -2.36. The first kappa shape index (κ1) is 71.1. The molecule has 3 amide bonds. The van der Waals surface area contributed by atoms with Crippen LogP contribution in [0.25, 0.3) is 77.1 Å². The number of carbonyl (C=O) groups is 3. The first-order chi connectivity index (χ1) is 53.5. The number of carbonyl (C=O) groups excluding carboxylic acids is 3. The van der Waals surface area contributed by atoms with E-state index >= 15 is 0 Å². The van der Waals surface area contributed by atoms with E-state index in [-0.39, 0.29) is 29.5 Å². The summed E-state index contributed by atoms with van der Waals surface area (Å²) in [7, 11) is 0. The number of benzene rings is 4. The lowest BCUT2D eigenvalue weighted by Crippen LogP contribution is -2.47. The molecule has 3 atom stereocenters. The van der Waals surface area contributed by atoms with Crippen molar-refractivity contribution in [1.82, 2.24) is 101 Å². The summed E-state index contributed by atoms with van der Waals surface area (Å²) in [5, 5.41) is 42.3. The molecule has 2 fully saturated rings. The Morgan fingerprint density at radius 3 is 1.32 bits per heavy atom. The van der Waals surface area contributed by atoms with Gasteiger partial charge in [-0.15, -0.1) is 11.3 Å². The molecular weight excluding hydrogens is 1410 g/mol. The zero-order chi connectivity index (χ0) is 74.9. The van der Waals surface area contributed by atoms with E-state index in [1.807, 2.05) is 102 Å². The number of imidazole rings is 3. The minimum absolute atomic E-state index is 0.0227. The summed E-state index contributed by atoms with van der Waals surface area (Å²) < 4.78 is 5.46. The number of piperazine rings is 2. The molecule has 0 bridgehead atoms. The maximum absolute atomic E-state index is 11.7. The van der Waals surface area contributed by atoms with Gasteiger partial charge < -0.3 is 54.9 Å². The molecule has 0 spiro atoms. The van der Waals surface area contributed by atoms with Gasteiger partial charge in [-0.25, -0.2) is 81.2 Å². The standard InChI is InChI=1S/C25H26N10O3.C25H26N10O2S.C24H21N7O2/c2*1-2-16(29-22-20-18(7-8-26-22)27-14-28-20)21-30-17-6-4-3-5-15(17)23(32-21)34-9-11-35(12-10-34)25-31-19(13-38-25)24(36)33-37;1-2-17(28-23-21-19(11-12-25-23)26-13-27-21)22-29-18-6-4-3-5-16(18)20(30-22)14-7-9-15(10-8-14)24(32)31-33/h2*3-8,13-14,16,37H,2,9-12H2,1H3,(H,26,29)(H,27,28)(H,33,36);3-13,17,33H,2H2,1H3,(H,25,28)(H,26,27)(H,31,32)/t2*16-;17-/m000/s1. The molecule has 11 aromatic heterocycles. The Morgan fingerprint density at radius 1 is 0.450 bits per heavy atom. The van der Waals surface area contributed by atoms with E-state index in [0.29, 0.717) is 72.7 Å². The van der Waals surface area contributed by atoms with Crippen LogP contribution in [0.1, 0.15) is 107 Å². The van der Waals surface area contributed by atoms with Crippen molar-refractivity contribution < 1.29 is 34.4 Å². The summed E-state index contributed by atoms with van der Waals surface area (Å²) in [5.41, 5.74) is 14.7. The Labute approximate surface area is 623 Å². The van der Waals surface area contributed by atoms with Gasteiger partial charge in [0.15, 0.2) is 45.8 Å². The van der Waals surface area contributed by atoms with Gasteiger partial charge in [0.25, 0.3) is 23.7 Å². The number of fused-ring (bicyclic) bond motifs is 6. The zero-order valence-corrected chi connectivity index (χ0v) is 59.8. The summed E-state index contributed by atoms with van der Waals surface area (Å²) in [4.78, 5) is 118. The van der Waals surface area contributed by atoms with Crippen LogP contribution in [0.5, 0.6) is 0 Å². The lowest BCUT2D eigenvalue weighted by molar-refractivity contribution is 0.0697. The van der Waals surface area contributed by atoms with Gasteiger partial charge in [-0.3, -0.25) is 30.0 Å². The molecule has 12 N–H and O–H groups in total. The lowest BCUT2D eigenvalue weighted by atomic mass is 10.0. The van der Waals surface area contributed by atoms with E-state index in [2.05, 4.69) is 112 Å². The number of nitrogens with one attached hydrogen (secondary N) is 9. The highest BCUT2D eigenvalue weighted by Gasteiger charge is 2.29. The highest BCUT2D eigenvalue weighted by Crippen LogP contribution is 2.36. The molecule has 0 aliphatic carbocycles. The van der Waals surface area contributed by atoms with Crippen molar-refractivity contribution in [3.8, 4) is 11.3 Å². The van der Waals surface area contributed by atoms with Crippen molar-refractivity contribution in [2.75, 3.05) is 87.9 Å². The highest BCUT2D eigenvalue weighted by molar-refractivity contribution is 7.14. The summed E-state index contributed by atoms with van der Waals surface area (Å²) in [5.74, 6) is 3.95. The molecule has 109 heavy (non-hydrogen) atoms. The first-order valence-electron chi connectivity index (χ1n) is 35.2. The van der Waals surface area contributed by atoms with Gasteiger partial charge in [0.05, 0.1) is 75.9 Å². The van der Waals surface area contributed by atoms with Crippen LogP contribution >= 0.6 is 11.3 Å². The van der Waals surface area contributed by atoms with Crippen LogP contribution in [0.2, 0.25) is 0 Å². The van der Waals surface area contributed by atoms with Gasteiger partial charge >= 0.3 is 0 Å². The number of thiazole rings is 1. The number of amides is 3. The summed E-state index contributed by atoms with van der Waals surface area (Å²) >= 11 is 1.39. The third-order valence-electron chi connectivity index (χ3n) is 18.8. The highest BCUT2D eigenvalue weighted by atomic mass is 32.1. The third kappa shape index (κ3) is 15.1. The number of aromatic nitrogens is 17. The minimum Gasteiger partial charge on any atom is -0.431 e. The van der Waals surface area contributed by atoms with Crippen LogP contribution in [-0.4, -0.2) is 170 Å². The fraction of sp³-hybridized carbons (Fsp3) is 0.230. The molecule has 4 aromatic carbocycles. The van der Waals surface area contributed by atoms with Gasteiger partial charge in [-0.05, 0) is 79.9 Å². The molecule has 2 saturated heterocycles. The van der Waals surface area contributed by atoms with Crippen molar-refractivity contribution in [1.29, 1.82) is 0 Å². The predicted molar refractivity (Wildman–Crippen MR) is 411 cm³/mol. The number of nitrogens with zero attached hydrogens (tertiary/aromatic N) is 18. The minimum atomic E-state index is -0.712. The van der Waals surface area contributed by atoms with Crippen molar-refractivity contribution in [3.05, 3.63) is 199 Å². The Balaban J connectivity index is 0.000000131. The number of aromatic amines is 3. The van der Waals surface area contributed by atoms with Gasteiger partial charge in [0.2, 0.25) is 0 Å². The summed E-state index contributed by atoms with van der Waals surface area (Å²) in [6, 6.07) is 36.3. The molecule has 13 heterocycles. The molecular formula is C74H73N27O7S. The molecule has 0 unspecified atom stereocenters. The Hall–Kier alpha value is -13.5. The Kier molecular flexibility index (Phi) is 20.9. The third-order valence-corrected chi connectivity index (χ3v) is 19.7. The number of pyridine rings is 3. The number of hydrogen-bond donors (Lipinski definition) is 12. The number of rotatable bonds is 20. The van der Waals surface area contributed by atoms with Crippen LogP contribution in [0, 0.1) is 0 Å². The summed E-state index contributed by atoms with van der Waals surface area (Å²) in [6.07, 6.45) is 13.7. The Morgan fingerprint density at radius 2 is 0.862 bits per heavy atom. The van der Waals surface area contributed by atoms with Gasteiger partial charge in [0, 0.05) is 104 Å². The molecule has 0 saturated carbocycles. The van der Waals surface area contributed by atoms with Crippen LogP contribution in [0.4, 0.5) is 40.2 Å². The monoisotopic (exact) mass is 1480 g/mol. The zero-order valence-electron chi connectivity index (χ0n) is 59.0. The van der Waals surface area contributed by atoms with E-state index in [1.165, 1.54) is 17.6 Å². The predicted octanol–water partition coefficient (Wildman–Crippen LogP) is 10.5. The van der Waals surface area contributed by atoms with Crippen molar-refractivity contribution >= 4 is 135 Å². The molecule has 2 aliphatic rings. The van der Waals surface area contributed by atoms with E-state index in [0.717, 1.165) is 139 Å². The topological polar surface area (TPSA) is 438 Å². The van der Waals surface area contributed by atoms with Gasteiger partial charge in [-0.2, -0.15) is 4.98 Å². The molecule has 15 aromatic rings. The van der Waals surface area contributed by atoms with Gasteiger partial charge in [0.1, 0.15) is 40.1 Å². The number of hydrogen-bond acceptors (Lipinski definition) is 29. The molecule has 0 radical (unpaired) electrons. The van der Waals surface area contributed by atoms with Crippen LogP contribution in [0.15, 0.2) is 169 Å². The van der Waals surface area contributed by atoms with Crippen molar-refractivity contribution in [3.63, 3.8) is 0 Å². The van der Waals surface area contributed by atoms with Crippen LogP contribution in [0.3, 0.4) is 0 Å². The maximum atomic E-state index is 11.7. The largest absolute Gasteiger partial charge is 0.431 e. The second kappa shape index (κ2) is 32.1. The molecule has 35 heteroatoms. The average Bonchev–Trinajstić information content (AvgIpc) is 1.53. The number of para-hydroxylation sites is 3. The smallest absolute Gasteiger partial charge is 0.298 e. The second-order valence-electron chi connectivity index (χ2n) is 25.4. The number of hydroxylamine groups is 3. The molecule has 552 valence electrons. The van der Waals surface area contributed by atoms with E-state index in [9.17, 15) is 14.4 Å². The fourth-order valence-electron chi connectivity index (χ4n) is 13.1. The van der Waals surface area contributed by atoms with Gasteiger partial charge in [-0.1, -0.05) is 75.4 Å². The molecule has 17 rings (SSSR count). The normalized spacial score (nSPS) is 13.9. The quantitative estimate of drug-likeness (QED) is 0.0249. The average molecular weight is 1480 g/mol. The first-order valence-corrected chi connectivity index (χ1v) is 36.1. The number of anilines is 7.